The van der Waals surface area contributed by atoms with Gasteiger partial charge in [0.2, 0.25) is 0 Å². The smallest absolute Gasteiger partial charge is 0.0679 e. The highest BCUT2D eigenvalue weighted by Gasteiger charge is 2.45. The molecule has 0 bridgehead atoms. The summed E-state index contributed by atoms with van der Waals surface area (Å²) in [6, 6.07) is 0.385. The largest absolute Gasteiger partial charge is 0.377 e. The lowest BCUT2D eigenvalue weighted by Gasteiger charge is -2.53. The Labute approximate surface area is 73.9 Å². The van der Waals surface area contributed by atoms with Crippen molar-refractivity contribution in [3.05, 3.63) is 0 Å². The molecular formula is C9H18N2O. The third-order valence-electron chi connectivity index (χ3n) is 3.23. The number of hydrogen-bond donors (Lipinski definition) is 1. The second-order valence-electron chi connectivity index (χ2n) is 4.05. The summed E-state index contributed by atoms with van der Waals surface area (Å²) in [5, 5.41) is 0. The molecule has 0 aromatic rings. The summed E-state index contributed by atoms with van der Waals surface area (Å²) in [4.78, 5) is 2.49. The van der Waals surface area contributed by atoms with Gasteiger partial charge in [-0.05, 0) is 19.4 Å². The zero-order valence-corrected chi connectivity index (χ0v) is 7.75. The highest BCUT2D eigenvalue weighted by Crippen LogP contribution is 2.33. The lowest BCUT2D eigenvalue weighted by molar-refractivity contribution is -0.156. The van der Waals surface area contributed by atoms with Crippen LogP contribution in [-0.4, -0.2) is 42.8 Å². The lowest BCUT2D eigenvalue weighted by Crippen LogP contribution is -2.67. The van der Waals surface area contributed by atoms with Crippen LogP contribution in [0, 0.1) is 0 Å². The molecule has 1 spiro atoms. The van der Waals surface area contributed by atoms with Crippen LogP contribution < -0.4 is 5.73 Å². The van der Waals surface area contributed by atoms with E-state index in [1.807, 2.05) is 0 Å². The van der Waals surface area contributed by atoms with Crippen LogP contribution in [-0.2, 0) is 4.74 Å². The normalized spacial score (nSPS) is 35.0. The highest BCUT2D eigenvalue weighted by molar-refractivity contribution is 5.00. The lowest BCUT2D eigenvalue weighted by atomic mass is 9.83. The summed E-state index contributed by atoms with van der Waals surface area (Å²) in [6.07, 6.45) is 2.39. The van der Waals surface area contributed by atoms with Gasteiger partial charge < -0.3 is 10.5 Å². The van der Waals surface area contributed by atoms with Gasteiger partial charge in [0.25, 0.3) is 0 Å². The third-order valence-corrected chi connectivity index (χ3v) is 3.23. The number of nitrogens with zero attached hydrogens (tertiary/aromatic N) is 1. The van der Waals surface area contributed by atoms with Gasteiger partial charge in [0, 0.05) is 12.6 Å². The molecule has 2 aliphatic heterocycles. The van der Waals surface area contributed by atoms with Gasteiger partial charge in [0.15, 0.2) is 0 Å². The first-order chi connectivity index (χ1) is 5.77. The first kappa shape index (κ1) is 8.48. The van der Waals surface area contributed by atoms with Crippen LogP contribution in [0.25, 0.3) is 0 Å². The summed E-state index contributed by atoms with van der Waals surface area (Å²) in [6.45, 7) is 6.22. The number of piperidine rings is 1. The van der Waals surface area contributed by atoms with Crippen molar-refractivity contribution in [2.75, 3.05) is 26.3 Å². The van der Waals surface area contributed by atoms with E-state index in [9.17, 15) is 0 Å². The van der Waals surface area contributed by atoms with Crippen LogP contribution in [0.3, 0.4) is 0 Å². The van der Waals surface area contributed by atoms with Gasteiger partial charge in [0.05, 0.1) is 18.8 Å². The van der Waals surface area contributed by atoms with Gasteiger partial charge >= 0.3 is 0 Å². The molecule has 2 aliphatic rings. The van der Waals surface area contributed by atoms with Gasteiger partial charge in [-0.25, -0.2) is 0 Å². The molecule has 0 amide bonds. The molecule has 70 valence electrons. The Morgan fingerprint density at radius 1 is 1.58 bits per heavy atom. The number of likely N-dealkylation sites (N-methyl/N-ethyl adjacent to an activating group) is 1. The van der Waals surface area contributed by atoms with Crippen molar-refractivity contribution in [3.8, 4) is 0 Å². The van der Waals surface area contributed by atoms with Crippen LogP contribution in [0.15, 0.2) is 0 Å². The number of nitrogens with two attached hydrogens (primary N) is 1. The predicted molar refractivity (Wildman–Crippen MR) is 48.0 cm³/mol. The predicted octanol–water partition coefficient (Wildman–Crippen LogP) is 0.198. The van der Waals surface area contributed by atoms with Gasteiger partial charge in [0.1, 0.15) is 0 Å². The molecule has 2 N–H and O–H groups in total. The fraction of sp³-hybridized carbons (Fsp3) is 1.00. The Bertz CT molecular complexity index is 168. The number of hydrogen-bond acceptors (Lipinski definition) is 3. The van der Waals surface area contributed by atoms with Crippen molar-refractivity contribution in [2.45, 2.75) is 31.3 Å². The fourth-order valence-corrected chi connectivity index (χ4v) is 2.31. The Hall–Kier alpha value is -0.120. The maximum atomic E-state index is 5.92. The molecule has 0 aromatic heterocycles. The first-order valence-corrected chi connectivity index (χ1v) is 4.85. The maximum absolute atomic E-state index is 5.92. The molecule has 3 nitrogen and oxygen atoms in total. The molecular weight excluding hydrogens is 152 g/mol. The molecule has 3 heteroatoms. The molecule has 2 heterocycles. The van der Waals surface area contributed by atoms with Crippen molar-refractivity contribution in [2.24, 2.45) is 5.73 Å². The summed E-state index contributed by atoms with van der Waals surface area (Å²) < 4.78 is 5.30. The fourth-order valence-electron chi connectivity index (χ4n) is 2.31. The molecule has 0 aromatic carbocycles. The molecule has 0 aliphatic carbocycles. The topological polar surface area (TPSA) is 38.5 Å². The summed E-state index contributed by atoms with van der Waals surface area (Å²) >= 11 is 0. The Balaban J connectivity index is 2.03. The zero-order valence-electron chi connectivity index (χ0n) is 7.75. The van der Waals surface area contributed by atoms with E-state index in [4.69, 9.17) is 10.5 Å². The van der Waals surface area contributed by atoms with E-state index >= 15 is 0 Å². The number of likely N-dealkylation sites (tertiary alicyclic amines) is 1. The van der Waals surface area contributed by atoms with E-state index in [0.717, 1.165) is 26.3 Å². The standard InChI is InChI=1S/C9H18N2O/c1-2-11-5-8(10)3-4-9(11)6-12-7-9/h8H,2-7,10H2,1H3. The molecule has 1 unspecified atom stereocenters. The summed E-state index contributed by atoms with van der Waals surface area (Å²) in [5.41, 5.74) is 6.30. The molecule has 0 radical (unpaired) electrons. The highest BCUT2D eigenvalue weighted by atomic mass is 16.5. The molecule has 2 rings (SSSR count). The first-order valence-electron chi connectivity index (χ1n) is 4.85. The van der Waals surface area contributed by atoms with Crippen LogP contribution in [0.1, 0.15) is 19.8 Å². The summed E-state index contributed by atoms with van der Waals surface area (Å²) in [7, 11) is 0. The van der Waals surface area contributed by atoms with Gasteiger partial charge in [-0.1, -0.05) is 6.92 Å². The van der Waals surface area contributed by atoms with Crippen molar-refractivity contribution >= 4 is 0 Å². The minimum absolute atomic E-state index is 0.380. The molecule has 12 heavy (non-hydrogen) atoms. The minimum atomic E-state index is 0.380. The van der Waals surface area contributed by atoms with Crippen LogP contribution in [0.2, 0.25) is 0 Å². The van der Waals surface area contributed by atoms with E-state index in [0.29, 0.717) is 11.6 Å². The maximum Gasteiger partial charge on any atom is 0.0679 e. The second kappa shape index (κ2) is 2.98. The zero-order chi connectivity index (χ0) is 8.60. The average molecular weight is 170 g/mol. The summed E-state index contributed by atoms with van der Waals surface area (Å²) in [5.74, 6) is 0. The third kappa shape index (κ3) is 1.16. The molecule has 2 saturated heterocycles. The Kier molecular flexibility index (Phi) is 2.10. The molecule has 1 atom stereocenters. The van der Waals surface area contributed by atoms with Gasteiger partial charge in [-0.2, -0.15) is 0 Å². The SMILES string of the molecule is CCN1CC(N)CCC12COC2. The van der Waals surface area contributed by atoms with E-state index < -0.39 is 0 Å². The van der Waals surface area contributed by atoms with Gasteiger partial charge in [-0.3, -0.25) is 4.90 Å². The minimum Gasteiger partial charge on any atom is -0.377 e. The van der Waals surface area contributed by atoms with Crippen LogP contribution >= 0.6 is 0 Å². The monoisotopic (exact) mass is 170 g/mol. The molecule has 0 saturated carbocycles. The Morgan fingerprint density at radius 3 is 2.83 bits per heavy atom. The molecule has 2 fully saturated rings. The Morgan fingerprint density at radius 2 is 2.33 bits per heavy atom. The van der Waals surface area contributed by atoms with Crippen molar-refractivity contribution in [3.63, 3.8) is 0 Å². The van der Waals surface area contributed by atoms with E-state index in [1.165, 1.54) is 12.8 Å². The number of ether oxygens (including phenoxy) is 1. The average Bonchev–Trinajstić information content (AvgIpc) is 2.01. The second-order valence-corrected chi connectivity index (χ2v) is 4.05. The van der Waals surface area contributed by atoms with Gasteiger partial charge in [-0.15, -0.1) is 0 Å². The van der Waals surface area contributed by atoms with Crippen LogP contribution in [0.5, 0.6) is 0 Å². The van der Waals surface area contributed by atoms with E-state index in [-0.39, 0.29) is 0 Å². The quantitative estimate of drug-likeness (QED) is 0.611. The van der Waals surface area contributed by atoms with E-state index in [1.54, 1.807) is 0 Å². The van der Waals surface area contributed by atoms with Crippen molar-refractivity contribution in [1.82, 2.24) is 4.90 Å². The van der Waals surface area contributed by atoms with E-state index in [2.05, 4.69) is 11.8 Å². The number of rotatable bonds is 1. The van der Waals surface area contributed by atoms with Crippen LogP contribution in [0.4, 0.5) is 0 Å². The van der Waals surface area contributed by atoms with Crippen molar-refractivity contribution in [1.29, 1.82) is 0 Å². The van der Waals surface area contributed by atoms with Crippen molar-refractivity contribution < 1.29 is 4.74 Å².